The molecule has 1 atom stereocenters. The second-order valence-corrected chi connectivity index (χ2v) is 6.90. The molecule has 1 amide bonds. The van der Waals surface area contributed by atoms with Gasteiger partial charge in [-0.3, -0.25) is 14.5 Å². The molecule has 1 aromatic carbocycles. The van der Waals surface area contributed by atoms with Crippen LogP contribution in [0, 0.1) is 13.8 Å². The summed E-state index contributed by atoms with van der Waals surface area (Å²) < 4.78 is 0. The first-order valence-corrected chi connectivity index (χ1v) is 8.60. The van der Waals surface area contributed by atoms with Crippen LogP contribution in [0.2, 0.25) is 0 Å². The van der Waals surface area contributed by atoms with E-state index in [9.17, 15) is 9.59 Å². The molecular weight excluding hydrogens is 302 g/mol. The number of aromatic amines is 1. The number of piperidine rings is 1. The van der Waals surface area contributed by atoms with E-state index in [-0.39, 0.29) is 17.4 Å². The molecule has 3 N–H and O–H groups in total. The molecular formula is C19H25N3O2. The van der Waals surface area contributed by atoms with Gasteiger partial charge in [0.1, 0.15) is 0 Å². The van der Waals surface area contributed by atoms with Gasteiger partial charge in [0, 0.05) is 36.2 Å². The van der Waals surface area contributed by atoms with Gasteiger partial charge in [0.2, 0.25) is 5.91 Å². The average molecular weight is 327 g/mol. The lowest BCUT2D eigenvalue weighted by Crippen LogP contribution is -2.41. The second-order valence-electron chi connectivity index (χ2n) is 6.90. The number of nitrogens with two attached hydrogens (primary N) is 1. The van der Waals surface area contributed by atoms with Crippen LogP contribution in [0.4, 0.5) is 0 Å². The van der Waals surface area contributed by atoms with Gasteiger partial charge < -0.3 is 10.7 Å². The number of nitrogens with one attached hydrogen (secondary N) is 1. The first-order valence-electron chi connectivity index (χ1n) is 8.60. The number of amides is 1. The van der Waals surface area contributed by atoms with Gasteiger partial charge in [-0.1, -0.05) is 18.6 Å². The Morgan fingerprint density at radius 1 is 1.29 bits per heavy atom. The molecule has 5 nitrogen and oxygen atoms in total. The van der Waals surface area contributed by atoms with Crippen molar-refractivity contribution >= 4 is 16.8 Å². The fourth-order valence-electron chi connectivity index (χ4n) is 3.75. The molecule has 24 heavy (non-hydrogen) atoms. The van der Waals surface area contributed by atoms with Gasteiger partial charge in [-0.15, -0.1) is 0 Å². The number of hydrogen-bond acceptors (Lipinski definition) is 3. The maximum absolute atomic E-state index is 12.6. The van der Waals surface area contributed by atoms with Crippen molar-refractivity contribution in [2.45, 2.75) is 52.1 Å². The fourth-order valence-corrected chi connectivity index (χ4v) is 3.75. The number of carbonyl (C=O) groups is 1. The summed E-state index contributed by atoms with van der Waals surface area (Å²) in [5.41, 5.74) is 9.33. The van der Waals surface area contributed by atoms with Gasteiger partial charge >= 0.3 is 0 Å². The molecule has 2 aromatic rings. The smallest absolute Gasteiger partial charge is 0.218 e. The highest BCUT2D eigenvalue weighted by molar-refractivity contribution is 5.84. The molecule has 0 bridgehead atoms. The van der Waals surface area contributed by atoms with Crippen LogP contribution in [-0.2, 0) is 11.3 Å². The molecule has 5 heteroatoms. The summed E-state index contributed by atoms with van der Waals surface area (Å²) in [7, 11) is 0. The number of hydrogen-bond donors (Lipinski definition) is 2. The van der Waals surface area contributed by atoms with Crippen molar-refractivity contribution in [1.82, 2.24) is 9.88 Å². The van der Waals surface area contributed by atoms with Crippen molar-refractivity contribution in [2.75, 3.05) is 6.54 Å². The third kappa shape index (κ3) is 3.36. The minimum Gasteiger partial charge on any atom is -0.370 e. The maximum Gasteiger partial charge on any atom is 0.218 e. The molecule has 1 aliphatic rings. The van der Waals surface area contributed by atoms with Crippen LogP contribution in [0.25, 0.3) is 10.9 Å². The molecule has 0 unspecified atom stereocenters. The van der Waals surface area contributed by atoms with Gasteiger partial charge in [0.15, 0.2) is 5.43 Å². The number of primary amides is 1. The van der Waals surface area contributed by atoms with Gasteiger partial charge in [-0.25, -0.2) is 0 Å². The van der Waals surface area contributed by atoms with Gasteiger partial charge in [0.05, 0.1) is 5.52 Å². The molecule has 0 radical (unpaired) electrons. The average Bonchev–Trinajstić information content (AvgIpc) is 2.52. The van der Waals surface area contributed by atoms with Crippen molar-refractivity contribution in [3.8, 4) is 0 Å². The number of H-pyrrole nitrogens is 1. The number of aromatic nitrogens is 1. The van der Waals surface area contributed by atoms with Crippen molar-refractivity contribution in [3.63, 3.8) is 0 Å². The minimum absolute atomic E-state index is 0.0587. The van der Waals surface area contributed by atoms with Crippen LogP contribution in [0.1, 0.15) is 42.5 Å². The molecule has 1 aliphatic heterocycles. The summed E-state index contributed by atoms with van der Waals surface area (Å²) in [6.07, 6.45) is 3.61. The number of rotatable bonds is 4. The monoisotopic (exact) mass is 327 g/mol. The number of benzene rings is 1. The topological polar surface area (TPSA) is 79.2 Å². The van der Waals surface area contributed by atoms with Crippen molar-refractivity contribution < 1.29 is 4.79 Å². The first kappa shape index (κ1) is 16.7. The zero-order valence-corrected chi connectivity index (χ0v) is 14.4. The van der Waals surface area contributed by atoms with Crippen LogP contribution >= 0.6 is 0 Å². The lowest BCUT2D eigenvalue weighted by molar-refractivity contribution is -0.119. The number of pyridine rings is 1. The Balaban J connectivity index is 1.93. The van der Waals surface area contributed by atoms with E-state index in [4.69, 9.17) is 5.73 Å². The molecule has 0 spiro atoms. The van der Waals surface area contributed by atoms with Crippen LogP contribution in [-0.4, -0.2) is 28.4 Å². The number of aryl methyl sites for hydroxylation is 2. The summed E-state index contributed by atoms with van der Waals surface area (Å²) in [4.78, 5) is 29.6. The van der Waals surface area contributed by atoms with Crippen LogP contribution < -0.4 is 11.2 Å². The Labute approximate surface area is 141 Å². The molecule has 3 rings (SSSR count). The van der Waals surface area contributed by atoms with E-state index in [0.29, 0.717) is 13.0 Å². The quantitative estimate of drug-likeness (QED) is 0.905. The summed E-state index contributed by atoms with van der Waals surface area (Å²) in [6, 6.07) is 5.90. The molecule has 128 valence electrons. The van der Waals surface area contributed by atoms with E-state index in [0.717, 1.165) is 53.5 Å². The highest BCUT2D eigenvalue weighted by Gasteiger charge is 2.24. The fraction of sp³-hybridized carbons (Fsp3) is 0.474. The SMILES string of the molecule is Cc1ccc(C)c2c(=O)cc(CN3CCCC[C@@H]3CC(N)=O)[nH]c12. The van der Waals surface area contributed by atoms with Crippen molar-refractivity contribution in [3.05, 3.63) is 45.2 Å². The Morgan fingerprint density at radius 3 is 2.79 bits per heavy atom. The largest absolute Gasteiger partial charge is 0.370 e. The normalized spacial score (nSPS) is 18.8. The molecule has 1 fully saturated rings. The van der Waals surface area contributed by atoms with Crippen molar-refractivity contribution in [2.24, 2.45) is 5.73 Å². The van der Waals surface area contributed by atoms with E-state index in [2.05, 4.69) is 9.88 Å². The molecule has 0 saturated carbocycles. The van der Waals surface area contributed by atoms with Crippen LogP contribution in [0.3, 0.4) is 0 Å². The summed E-state index contributed by atoms with van der Waals surface area (Å²) in [5, 5.41) is 0.770. The lowest BCUT2D eigenvalue weighted by Gasteiger charge is -2.35. The Kier molecular flexibility index (Phi) is 4.71. The molecule has 0 aliphatic carbocycles. The number of likely N-dealkylation sites (tertiary alicyclic amines) is 1. The van der Waals surface area contributed by atoms with Crippen LogP contribution in [0.15, 0.2) is 23.0 Å². The van der Waals surface area contributed by atoms with Gasteiger partial charge in [-0.2, -0.15) is 0 Å². The number of fused-ring (bicyclic) bond motifs is 1. The summed E-state index contributed by atoms with van der Waals surface area (Å²) in [6.45, 7) is 5.56. The van der Waals surface area contributed by atoms with Crippen LogP contribution in [0.5, 0.6) is 0 Å². The van der Waals surface area contributed by atoms with Crippen molar-refractivity contribution in [1.29, 1.82) is 0 Å². The highest BCUT2D eigenvalue weighted by atomic mass is 16.1. The first-order chi connectivity index (χ1) is 11.5. The highest BCUT2D eigenvalue weighted by Crippen LogP contribution is 2.23. The summed E-state index contributed by atoms with van der Waals surface area (Å²) >= 11 is 0. The number of nitrogens with zero attached hydrogens (tertiary/aromatic N) is 1. The molecule has 1 aromatic heterocycles. The minimum atomic E-state index is -0.259. The number of carbonyl (C=O) groups excluding carboxylic acids is 1. The third-order valence-electron chi connectivity index (χ3n) is 5.02. The molecule has 2 heterocycles. The van der Waals surface area contributed by atoms with E-state index >= 15 is 0 Å². The van der Waals surface area contributed by atoms with E-state index < -0.39 is 0 Å². The third-order valence-corrected chi connectivity index (χ3v) is 5.02. The van der Waals surface area contributed by atoms with Gasteiger partial charge in [0.25, 0.3) is 0 Å². The standard InChI is InChI=1S/C19H25N3O2/c1-12-6-7-13(2)19-18(12)16(23)9-14(21-19)11-22-8-4-3-5-15(22)10-17(20)24/h6-7,9,15H,3-5,8,10-11H2,1-2H3,(H2,20,24)(H,21,23)/t15-/m1/s1. The zero-order chi connectivity index (χ0) is 17.3. The Morgan fingerprint density at radius 2 is 2.04 bits per heavy atom. The summed E-state index contributed by atoms with van der Waals surface area (Å²) in [5.74, 6) is -0.259. The maximum atomic E-state index is 12.6. The van der Waals surface area contributed by atoms with E-state index in [1.165, 1.54) is 0 Å². The predicted molar refractivity (Wildman–Crippen MR) is 95.9 cm³/mol. The molecule has 1 saturated heterocycles. The Hall–Kier alpha value is -2.14. The lowest BCUT2D eigenvalue weighted by atomic mass is 9.98. The van der Waals surface area contributed by atoms with E-state index in [1.807, 2.05) is 26.0 Å². The van der Waals surface area contributed by atoms with E-state index in [1.54, 1.807) is 6.07 Å². The zero-order valence-electron chi connectivity index (χ0n) is 14.4. The second kappa shape index (κ2) is 6.77. The van der Waals surface area contributed by atoms with Gasteiger partial charge in [-0.05, 0) is 44.4 Å². The predicted octanol–water partition coefficient (Wildman–Crippen LogP) is 2.37. The Bertz CT molecular complexity index is 825.